The van der Waals surface area contributed by atoms with Gasteiger partial charge in [0.1, 0.15) is 29.3 Å². The second kappa shape index (κ2) is 22.7. The lowest BCUT2D eigenvalue weighted by Gasteiger charge is -2.39. The van der Waals surface area contributed by atoms with Gasteiger partial charge >= 0.3 is 11.8 Å². The molecule has 0 spiro atoms. The second-order valence-electron chi connectivity index (χ2n) is 15.4. The van der Waals surface area contributed by atoms with Crippen molar-refractivity contribution >= 4 is 37.2 Å². The van der Waals surface area contributed by atoms with Crippen molar-refractivity contribution in [3.05, 3.63) is 162 Å². The lowest BCUT2D eigenvalue weighted by atomic mass is 9.80. The van der Waals surface area contributed by atoms with Gasteiger partial charge in [0.05, 0.1) is 39.9 Å². The zero-order chi connectivity index (χ0) is 45.8. The summed E-state index contributed by atoms with van der Waals surface area (Å²) >= 11 is 2.21. The van der Waals surface area contributed by atoms with E-state index in [2.05, 4.69) is 39.0 Å². The standard InChI is InChI=1S/C47H53IN5O10P/c1-31(2)53(32(3)4)64(60-28-10-26-49)63-42-40(61-44(52-27-25-41(54)51-45(52)55)43(42)62-46(56)50-29-33-13-19-37(48)20-14-33)30-59-47(34-11-8-7-9-12-34,35-15-21-38(57-5)22-16-35)36-17-23-39(58-6)24-18-36/h7-9,11-25,27,31-32,40,42-44H,10,28-30H2,1-6H3,(H,50,56)(H,51,54,55)/t40-,42-,43-,44-,64?/m1/s1. The first-order valence-electron chi connectivity index (χ1n) is 20.8. The van der Waals surface area contributed by atoms with Gasteiger partial charge in [-0.3, -0.25) is 14.3 Å². The summed E-state index contributed by atoms with van der Waals surface area (Å²) in [5.41, 5.74) is 0.418. The molecular weight excluding hydrogens is 952 g/mol. The molecule has 17 heteroatoms. The Morgan fingerprint density at radius 1 is 0.875 bits per heavy atom. The van der Waals surface area contributed by atoms with E-state index in [9.17, 15) is 19.6 Å². The number of methoxy groups -OCH3 is 2. The van der Waals surface area contributed by atoms with Gasteiger partial charge in [0, 0.05) is 34.5 Å². The summed E-state index contributed by atoms with van der Waals surface area (Å²) in [4.78, 5) is 42.1. The van der Waals surface area contributed by atoms with Crippen molar-refractivity contribution in [2.75, 3.05) is 27.4 Å². The summed E-state index contributed by atoms with van der Waals surface area (Å²) in [5.74, 6) is 1.29. The average Bonchev–Trinajstić information content (AvgIpc) is 3.61. The minimum absolute atomic E-state index is 0.0593. The van der Waals surface area contributed by atoms with Crippen LogP contribution in [0.1, 0.15) is 62.6 Å². The van der Waals surface area contributed by atoms with E-state index in [0.29, 0.717) is 11.5 Å². The maximum absolute atomic E-state index is 13.9. The number of rotatable bonds is 20. The van der Waals surface area contributed by atoms with Crippen molar-refractivity contribution in [1.82, 2.24) is 19.5 Å². The van der Waals surface area contributed by atoms with Crippen molar-refractivity contribution < 1.29 is 37.5 Å². The van der Waals surface area contributed by atoms with Gasteiger partial charge in [-0.25, -0.2) is 14.3 Å². The molecule has 5 aromatic rings. The molecule has 338 valence electrons. The minimum Gasteiger partial charge on any atom is -0.497 e. The first-order chi connectivity index (χ1) is 30.9. The average molecular weight is 1010 g/mol. The van der Waals surface area contributed by atoms with E-state index < -0.39 is 56.0 Å². The summed E-state index contributed by atoms with van der Waals surface area (Å²) in [6.07, 6.45) is -4.26. The van der Waals surface area contributed by atoms with Crippen LogP contribution in [0.25, 0.3) is 0 Å². The topological polar surface area (TPSA) is 176 Å². The number of nitrogens with one attached hydrogen (secondary N) is 2. The number of carbonyl (C=O) groups excluding carboxylic acids is 1. The Bertz CT molecular complexity index is 2370. The van der Waals surface area contributed by atoms with Crippen LogP contribution in [-0.2, 0) is 35.4 Å². The van der Waals surface area contributed by atoms with Gasteiger partial charge in [-0.2, -0.15) is 5.26 Å². The molecule has 64 heavy (non-hydrogen) atoms. The number of nitriles is 1. The van der Waals surface area contributed by atoms with Crippen LogP contribution in [-0.4, -0.2) is 78.1 Å². The molecule has 4 aromatic carbocycles. The predicted molar refractivity (Wildman–Crippen MR) is 250 cm³/mol. The zero-order valence-electron chi connectivity index (χ0n) is 36.5. The first kappa shape index (κ1) is 48.3. The molecule has 15 nitrogen and oxygen atoms in total. The number of benzene rings is 4. The van der Waals surface area contributed by atoms with Crippen LogP contribution in [0.4, 0.5) is 4.79 Å². The fraction of sp³-hybridized carbons (Fsp3) is 0.362. The van der Waals surface area contributed by atoms with E-state index in [1.54, 1.807) is 14.2 Å². The summed E-state index contributed by atoms with van der Waals surface area (Å²) < 4.78 is 49.1. The van der Waals surface area contributed by atoms with E-state index in [1.807, 2.05) is 135 Å². The van der Waals surface area contributed by atoms with Crippen LogP contribution in [0.5, 0.6) is 11.5 Å². The molecule has 0 aliphatic carbocycles. The number of carbonyl (C=O) groups is 1. The number of amides is 1. The van der Waals surface area contributed by atoms with Gasteiger partial charge in [-0.15, -0.1) is 0 Å². The summed E-state index contributed by atoms with van der Waals surface area (Å²) in [7, 11) is 1.22. The van der Waals surface area contributed by atoms with E-state index in [0.717, 1.165) is 30.4 Å². The highest BCUT2D eigenvalue weighted by Gasteiger charge is 2.53. The largest absolute Gasteiger partial charge is 0.497 e. The Labute approximate surface area is 387 Å². The van der Waals surface area contributed by atoms with Crippen molar-refractivity contribution in [3.8, 4) is 17.6 Å². The molecule has 1 aliphatic heterocycles. The third-order valence-electron chi connectivity index (χ3n) is 10.5. The number of aromatic nitrogens is 2. The second-order valence-corrected chi connectivity index (χ2v) is 18.0. The molecular formula is C47H53IN5O10P. The smallest absolute Gasteiger partial charge is 0.407 e. The molecule has 5 atom stereocenters. The maximum Gasteiger partial charge on any atom is 0.407 e. The third kappa shape index (κ3) is 11.6. The van der Waals surface area contributed by atoms with Crippen LogP contribution in [0.2, 0.25) is 0 Å². The van der Waals surface area contributed by atoms with Gasteiger partial charge < -0.3 is 38.0 Å². The molecule has 0 radical (unpaired) electrons. The van der Waals surface area contributed by atoms with E-state index >= 15 is 0 Å². The van der Waals surface area contributed by atoms with Crippen molar-refractivity contribution in [2.45, 2.75) is 82.9 Å². The fourth-order valence-electron chi connectivity index (χ4n) is 7.57. The normalized spacial score (nSPS) is 17.9. The molecule has 1 aromatic heterocycles. The molecule has 1 amide bonds. The van der Waals surface area contributed by atoms with Crippen LogP contribution in [0.15, 0.2) is 125 Å². The lowest BCUT2D eigenvalue weighted by Crippen LogP contribution is -2.45. The number of H-pyrrole nitrogens is 1. The van der Waals surface area contributed by atoms with Gasteiger partial charge in [-0.05, 0) is 109 Å². The van der Waals surface area contributed by atoms with Crippen molar-refractivity contribution in [1.29, 1.82) is 5.26 Å². The highest BCUT2D eigenvalue weighted by atomic mass is 127. The molecule has 0 saturated carbocycles. The summed E-state index contributed by atoms with van der Waals surface area (Å²) in [5, 5.41) is 12.3. The molecule has 2 N–H and O–H groups in total. The molecule has 1 unspecified atom stereocenters. The Hall–Kier alpha value is -5.12. The molecule has 1 aliphatic rings. The third-order valence-corrected chi connectivity index (χ3v) is 13.4. The first-order valence-corrected chi connectivity index (χ1v) is 23.0. The number of hydrogen-bond acceptors (Lipinski definition) is 12. The highest BCUT2D eigenvalue weighted by molar-refractivity contribution is 14.1. The highest BCUT2D eigenvalue weighted by Crippen LogP contribution is 2.51. The minimum atomic E-state index is -1.97. The quantitative estimate of drug-likeness (QED) is 0.0333. The zero-order valence-corrected chi connectivity index (χ0v) is 39.6. The van der Waals surface area contributed by atoms with Gasteiger partial charge in [-0.1, -0.05) is 66.7 Å². The molecule has 1 fully saturated rings. The number of ether oxygens (including phenoxy) is 5. The van der Waals surface area contributed by atoms with Crippen LogP contribution >= 0.6 is 31.1 Å². The van der Waals surface area contributed by atoms with E-state index in [1.165, 1.54) is 12.3 Å². The van der Waals surface area contributed by atoms with E-state index in [4.69, 9.17) is 32.7 Å². The number of aromatic amines is 1. The predicted octanol–water partition coefficient (Wildman–Crippen LogP) is 8.02. The van der Waals surface area contributed by atoms with E-state index in [-0.39, 0.29) is 38.3 Å². The monoisotopic (exact) mass is 1010 g/mol. The number of hydrogen-bond donors (Lipinski definition) is 2. The number of nitrogens with zero attached hydrogens (tertiary/aromatic N) is 3. The Kier molecular flexibility index (Phi) is 17.1. The number of alkyl carbamates (subject to hydrolysis) is 1. The molecule has 6 rings (SSSR count). The van der Waals surface area contributed by atoms with Crippen LogP contribution in [0, 0.1) is 14.9 Å². The SMILES string of the molecule is COc1ccc(C(OC[C@H]2O[C@@H](n3ccc(=O)[nH]c3=O)[C@H](OC(=O)NCc3ccc(I)cc3)[C@@H]2OP(OCCC#N)N(C(C)C)C(C)C)(c2ccccc2)c2ccc(OC)cc2)cc1. The lowest BCUT2D eigenvalue weighted by molar-refractivity contribution is -0.0948. The van der Waals surface area contributed by atoms with Crippen LogP contribution in [0.3, 0.4) is 0 Å². The molecule has 2 heterocycles. The Morgan fingerprint density at radius 2 is 1.47 bits per heavy atom. The van der Waals surface area contributed by atoms with Gasteiger partial charge in [0.2, 0.25) is 0 Å². The Balaban J connectivity index is 1.49. The molecule has 1 saturated heterocycles. The summed E-state index contributed by atoms with van der Waals surface area (Å²) in [6, 6.07) is 35.6. The number of halogens is 1. The fourth-order valence-corrected chi connectivity index (χ4v) is 9.70. The Morgan fingerprint density at radius 3 is 2.02 bits per heavy atom. The molecule has 0 bridgehead atoms. The maximum atomic E-state index is 13.9. The van der Waals surface area contributed by atoms with Crippen molar-refractivity contribution in [3.63, 3.8) is 0 Å². The van der Waals surface area contributed by atoms with Gasteiger partial charge in [0.15, 0.2) is 12.3 Å². The summed E-state index contributed by atoms with van der Waals surface area (Å²) in [6.45, 7) is 8.03. The van der Waals surface area contributed by atoms with Crippen LogP contribution < -0.4 is 26.0 Å². The van der Waals surface area contributed by atoms with Crippen molar-refractivity contribution in [2.24, 2.45) is 0 Å². The van der Waals surface area contributed by atoms with Gasteiger partial charge in [0.25, 0.3) is 14.1 Å².